The molecule has 1 aromatic rings. The summed E-state index contributed by atoms with van der Waals surface area (Å²) in [6, 6.07) is 8.05. The first-order valence-electron chi connectivity index (χ1n) is 4.03. The third-order valence-electron chi connectivity index (χ3n) is 1.86. The second kappa shape index (κ2) is 4.58. The first kappa shape index (κ1) is 10.5. The normalized spacial score (nSPS) is 12.2. The SMILES string of the molecule is Cc1ccc(I)c([C@H](N)CC#N)c1. The van der Waals surface area contributed by atoms with Gasteiger partial charge in [-0.1, -0.05) is 17.7 Å². The van der Waals surface area contributed by atoms with E-state index in [-0.39, 0.29) is 6.04 Å². The van der Waals surface area contributed by atoms with Gasteiger partial charge in [-0.3, -0.25) is 0 Å². The minimum Gasteiger partial charge on any atom is -0.323 e. The van der Waals surface area contributed by atoms with E-state index in [4.69, 9.17) is 11.0 Å². The largest absolute Gasteiger partial charge is 0.323 e. The number of rotatable bonds is 2. The van der Waals surface area contributed by atoms with Crippen molar-refractivity contribution >= 4 is 22.6 Å². The van der Waals surface area contributed by atoms with Gasteiger partial charge < -0.3 is 5.73 Å². The van der Waals surface area contributed by atoms with Crippen LogP contribution in [0.5, 0.6) is 0 Å². The lowest BCUT2D eigenvalue weighted by molar-refractivity contribution is 0.743. The van der Waals surface area contributed by atoms with E-state index in [0.717, 1.165) is 9.13 Å². The molecule has 1 aromatic carbocycles. The van der Waals surface area contributed by atoms with E-state index in [1.54, 1.807) is 0 Å². The fraction of sp³-hybridized carbons (Fsp3) is 0.300. The molecular weight excluding hydrogens is 275 g/mol. The molecule has 1 rings (SSSR count). The summed E-state index contributed by atoms with van der Waals surface area (Å²) in [4.78, 5) is 0. The first-order valence-corrected chi connectivity index (χ1v) is 5.11. The summed E-state index contributed by atoms with van der Waals surface area (Å²) >= 11 is 2.24. The number of halogens is 1. The zero-order valence-electron chi connectivity index (χ0n) is 7.42. The Morgan fingerprint density at radius 1 is 1.62 bits per heavy atom. The highest BCUT2D eigenvalue weighted by Gasteiger charge is 2.08. The van der Waals surface area contributed by atoms with Crippen LogP contribution < -0.4 is 5.73 Å². The zero-order chi connectivity index (χ0) is 9.84. The molecule has 0 saturated heterocycles. The maximum Gasteiger partial charge on any atom is 0.0641 e. The van der Waals surface area contributed by atoms with Crippen LogP contribution in [0.25, 0.3) is 0 Å². The first-order chi connectivity index (χ1) is 6.15. The van der Waals surface area contributed by atoms with Crippen molar-refractivity contribution in [3.8, 4) is 6.07 Å². The van der Waals surface area contributed by atoms with E-state index in [0.29, 0.717) is 6.42 Å². The lowest BCUT2D eigenvalue weighted by atomic mass is 10.0. The van der Waals surface area contributed by atoms with Crippen LogP contribution in [0, 0.1) is 21.8 Å². The number of nitrogens with two attached hydrogens (primary N) is 1. The van der Waals surface area contributed by atoms with Crippen molar-refractivity contribution in [3.63, 3.8) is 0 Å². The van der Waals surface area contributed by atoms with Crippen molar-refractivity contribution in [1.82, 2.24) is 0 Å². The van der Waals surface area contributed by atoms with E-state index >= 15 is 0 Å². The zero-order valence-corrected chi connectivity index (χ0v) is 9.58. The van der Waals surface area contributed by atoms with Gasteiger partial charge in [0.2, 0.25) is 0 Å². The third kappa shape index (κ3) is 2.68. The summed E-state index contributed by atoms with van der Waals surface area (Å²) in [6.45, 7) is 2.03. The number of benzene rings is 1. The number of nitrogens with zero attached hydrogens (tertiary/aromatic N) is 1. The van der Waals surface area contributed by atoms with E-state index < -0.39 is 0 Å². The van der Waals surface area contributed by atoms with Crippen LogP contribution in [-0.4, -0.2) is 0 Å². The van der Waals surface area contributed by atoms with Gasteiger partial charge in [-0.05, 0) is 41.1 Å². The second-order valence-electron chi connectivity index (χ2n) is 2.99. The maximum absolute atomic E-state index is 8.53. The molecule has 0 aliphatic rings. The molecule has 0 aromatic heterocycles. The van der Waals surface area contributed by atoms with Crippen LogP contribution in [0.2, 0.25) is 0 Å². The highest BCUT2D eigenvalue weighted by atomic mass is 127. The molecule has 0 heterocycles. The van der Waals surface area contributed by atoms with Gasteiger partial charge in [0.1, 0.15) is 0 Å². The minimum atomic E-state index is -0.156. The molecule has 2 nitrogen and oxygen atoms in total. The van der Waals surface area contributed by atoms with Crippen molar-refractivity contribution in [2.45, 2.75) is 19.4 Å². The summed E-state index contributed by atoms with van der Waals surface area (Å²) in [5.41, 5.74) is 8.10. The Hall–Kier alpha value is -0.600. The third-order valence-corrected chi connectivity index (χ3v) is 2.84. The van der Waals surface area contributed by atoms with Gasteiger partial charge in [0.15, 0.2) is 0 Å². The molecular formula is C10H11IN2. The van der Waals surface area contributed by atoms with E-state index in [2.05, 4.69) is 28.7 Å². The van der Waals surface area contributed by atoms with Gasteiger partial charge in [0.25, 0.3) is 0 Å². The summed E-state index contributed by atoms with van der Waals surface area (Å²) < 4.78 is 1.13. The lowest BCUT2D eigenvalue weighted by Gasteiger charge is -2.10. The summed E-state index contributed by atoms with van der Waals surface area (Å²) in [5.74, 6) is 0. The molecule has 0 unspecified atom stereocenters. The van der Waals surface area contributed by atoms with Gasteiger partial charge in [-0.15, -0.1) is 0 Å². The Balaban J connectivity index is 3.00. The molecule has 68 valence electrons. The number of hydrogen-bond donors (Lipinski definition) is 1. The van der Waals surface area contributed by atoms with Crippen LogP contribution in [-0.2, 0) is 0 Å². The van der Waals surface area contributed by atoms with Gasteiger partial charge in [-0.2, -0.15) is 5.26 Å². The lowest BCUT2D eigenvalue weighted by Crippen LogP contribution is -2.11. The van der Waals surface area contributed by atoms with Crippen molar-refractivity contribution in [2.75, 3.05) is 0 Å². The van der Waals surface area contributed by atoms with Crippen LogP contribution in [0.4, 0.5) is 0 Å². The fourth-order valence-electron chi connectivity index (χ4n) is 1.16. The minimum absolute atomic E-state index is 0.156. The molecule has 0 bridgehead atoms. The average Bonchev–Trinajstić information content (AvgIpc) is 2.09. The number of aryl methyl sites for hydroxylation is 1. The fourth-order valence-corrected chi connectivity index (χ4v) is 1.89. The van der Waals surface area contributed by atoms with Crippen LogP contribution in [0.3, 0.4) is 0 Å². The van der Waals surface area contributed by atoms with Gasteiger partial charge >= 0.3 is 0 Å². The molecule has 1 atom stereocenters. The molecule has 0 aliphatic carbocycles. The Bertz CT molecular complexity index is 341. The molecule has 0 fully saturated rings. The number of nitriles is 1. The standard InChI is InChI=1S/C10H11IN2/c1-7-2-3-9(11)8(6-7)10(13)4-5-12/h2-3,6,10H,4,13H2,1H3/t10-/m1/s1. The molecule has 0 spiro atoms. The molecule has 13 heavy (non-hydrogen) atoms. The van der Waals surface area contributed by atoms with Crippen molar-refractivity contribution in [1.29, 1.82) is 5.26 Å². The number of hydrogen-bond acceptors (Lipinski definition) is 2. The van der Waals surface area contributed by atoms with E-state index in [1.165, 1.54) is 5.56 Å². The molecule has 0 aliphatic heterocycles. The smallest absolute Gasteiger partial charge is 0.0641 e. The van der Waals surface area contributed by atoms with Crippen LogP contribution in [0.1, 0.15) is 23.6 Å². The molecule has 3 heteroatoms. The Morgan fingerprint density at radius 2 is 2.31 bits per heavy atom. The van der Waals surface area contributed by atoms with Gasteiger partial charge in [0.05, 0.1) is 12.5 Å². The van der Waals surface area contributed by atoms with Gasteiger partial charge in [0, 0.05) is 9.61 Å². The summed E-state index contributed by atoms with van der Waals surface area (Å²) in [6.07, 6.45) is 0.374. The predicted molar refractivity (Wildman–Crippen MR) is 61.1 cm³/mol. The maximum atomic E-state index is 8.53. The van der Waals surface area contributed by atoms with Crippen molar-refractivity contribution in [2.24, 2.45) is 5.73 Å². The van der Waals surface area contributed by atoms with Crippen molar-refractivity contribution < 1.29 is 0 Å². The Kier molecular flexibility index (Phi) is 3.70. The topological polar surface area (TPSA) is 49.8 Å². The van der Waals surface area contributed by atoms with E-state index in [9.17, 15) is 0 Å². The summed E-state index contributed by atoms with van der Waals surface area (Å²) in [7, 11) is 0. The van der Waals surface area contributed by atoms with Crippen LogP contribution in [0.15, 0.2) is 18.2 Å². The quantitative estimate of drug-likeness (QED) is 0.849. The van der Waals surface area contributed by atoms with Gasteiger partial charge in [-0.25, -0.2) is 0 Å². The molecule has 0 amide bonds. The Labute approximate surface area is 91.9 Å². The molecule has 0 radical (unpaired) electrons. The highest BCUT2D eigenvalue weighted by Crippen LogP contribution is 2.21. The predicted octanol–water partition coefficient (Wildman–Crippen LogP) is 2.51. The van der Waals surface area contributed by atoms with Crippen molar-refractivity contribution in [3.05, 3.63) is 32.9 Å². The van der Waals surface area contributed by atoms with Crippen LogP contribution >= 0.6 is 22.6 Å². The Morgan fingerprint density at radius 3 is 2.92 bits per heavy atom. The second-order valence-corrected chi connectivity index (χ2v) is 4.16. The monoisotopic (exact) mass is 286 g/mol. The molecule has 0 saturated carbocycles. The molecule has 2 N–H and O–H groups in total. The summed E-state index contributed by atoms with van der Waals surface area (Å²) in [5, 5.41) is 8.53. The van der Waals surface area contributed by atoms with E-state index in [1.807, 2.05) is 25.1 Å². The average molecular weight is 286 g/mol. The highest BCUT2D eigenvalue weighted by molar-refractivity contribution is 14.1.